The lowest BCUT2D eigenvalue weighted by Crippen LogP contribution is -2.17. The summed E-state index contributed by atoms with van der Waals surface area (Å²) in [6.45, 7) is 0.555. The van der Waals surface area contributed by atoms with Crippen LogP contribution >= 0.6 is 11.6 Å². The van der Waals surface area contributed by atoms with E-state index in [1.807, 2.05) is 12.1 Å². The van der Waals surface area contributed by atoms with Gasteiger partial charge in [0.25, 0.3) is 11.8 Å². The summed E-state index contributed by atoms with van der Waals surface area (Å²) in [5.74, 6) is -0.251. The van der Waals surface area contributed by atoms with Crippen LogP contribution in [0.1, 0.15) is 41.6 Å². The topological polar surface area (TPSA) is 58.2 Å². The number of carbonyl (C=O) groups excluding carboxylic acids is 2. The Labute approximate surface area is 122 Å². The number of hydrogen-bond donors (Lipinski definition) is 2. The standard InChI is InChI=1S/C15H15ClN2O2/c16-13-4-2-1-3-11(13)15(20)18-10-6-5-9-8-17-14(19)12(9)7-10/h5-7H,1-4,8H2,(H,17,19)(H,18,20). The second-order valence-corrected chi connectivity index (χ2v) is 5.56. The maximum Gasteiger partial charge on any atom is 0.252 e. The molecule has 0 unspecified atom stereocenters. The molecule has 3 rings (SSSR count). The molecule has 0 radical (unpaired) electrons. The summed E-state index contributed by atoms with van der Waals surface area (Å²) < 4.78 is 0. The fourth-order valence-corrected chi connectivity index (χ4v) is 2.92. The first-order chi connectivity index (χ1) is 9.65. The minimum atomic E-state index is -0.159. The summed E-state index contributed by atoms with van der Waals surface area (Å²) >= 11 is 6.12. The van der Waals surface area contributed by atoms with Gasteiger partial charge < -0.3 is 10.6 Å². The fraction of sp³-hybridized carbons (Fsp3) is 0.333. The number of carbonyl (C=O) groups is 2. The van der Waals surface area contributed by atoms with Gasteiger partial charge in [-0.25, -0.2) is 0 Å². The molecule has 20 heavy (non-hydrogen) atoms. The molecule has 0 spiro atoms. The third kappa shape index (κ3) is 2.43. The molecule has 4 nitrogen and oxygen atoms in total. The van der Waals surface area contributed by atoms with Crippen molar-refractivity contribution in [3.8, 4) is 0 Å². The molecule has 0 bridgehead atoms. The van der Waals surface area contributed by atoms with Crippen LogP contribution in [0.2, 0.25) is 0 Å². The molecular weight excluding hydrogens is 276 g/mol. The molecule has 1 aromatic carbocycles. The van der Waals surface area contributed by atoms with Crippen molar-refractivity contribution in [2.75, 3.05) is 5.32 Å². The minimum Gasteiger partial charge on any atom is -0.348 e. The van der Waals surface area contributed by atoms with Crippen molar-refractivity contribution in [2.24, 2.45) is 0 Å². The Morgan fingerprint density at radius 2 is 2.05 bits per heavy atom. The first-order valence-corrected chi connectivity index (χ1v) is 7.13. The van der Waals surface area contributed by atoms with E-state index in [0.29, 0.717) is 28.4 Å². The molecule has 2 aliphatic rings. The van der Waals surface area contributed by atoms with Crippen LogP contribution in [0.3, 0.4) is 0 Å². The molecule has 5 heteroatoms. The smallest absolute Gasteiger partial charge is 0.252 e. The third-order valence-corrected chi connectivity index (χ3v) is 4.14. The largest absolute Gasteiger partial charge is 0.348 e. The minimum absolute atomic E-state index is 0.0917. The zero-order valence-corrected chi connectivity index (χ0v) is 11.7. The SMILES string of the molecule is O=C(Nc1ccc2c(c1)C(=O)NC2)C1=C(Cl)CCCC1. The lowest BCUT2D eigenvalue weighted by molar-refractivity contribution is -0.113. The van der Waals surface area contributed by atoms with Crippen molar-refractivity contribution >= 4 is 29.1 Å². The highest BCUT2D eigenvalue weighted by atomic mass is 35.5. The van der Waals surface area contributed by atoms with Gasteiger partial charge in [0, 0.05) is 28.4 Å². The summed E-state index contributed by atoms with van der Waals surface area (Å²) in [6.07, 6.45) is 3.52. The van der Waals surface area contributed by atoms with Crippen molar-refractivity contribution < 1.29 is 9.59 Å². The van der Waals surface area contributed by atoms with Crippen molar-refractivity contribution in [3.63, 3.8) is 0 Å². The van der Waals surface area contributed by atoms with E-state index in [-0.39, 0.29) is 11.8 Å². The number of hydrogen-bond acceptors (Lipinski definition) is 2. The number of fused-ring (bicyclic) bond motifs is 1. The van der Waals surface area contributed by atoms with E-state index in [9.17, 15) is 9.59 Å². The van der Waals surface area contributed by atoms with Gasteiger partial charge in [-0.05, 0) is 43.4 Å². The molecule has 2 amide bonds. The lowest BCUT2D eigenvalue weighted by atomic mass is 9.98. The van der Waals surface area contributed by atoms with Crippen LogP contribution < -0.4 is 10.6 Å². The number of anilines is 1. The average molecular weight is 291 g/mol. The summed E-state index contributed by atoms with van der Waals surface area (Å²) in [5, 5.41) is 6.24. The molecule has 2 N–H and O–H groups in total. The van der Waals surface area contributed by atoms with Crippen LogP contribution in [0, 0.1) is 0 Å². The highest BCUT2D eigenvalue weighted by Gasteiger charge is 2.21. The third-order valence-electron chi connectivity index (χ3n) is 3.73. The number of amides is 2. The molecule has 0 saturated heterocycles. The summed E-state index contributed by atoms with van der Waals surface area (Å²) in [5.41, 5.74) is 2.89. The Kier molecular flexibility index (Phi) is 3.49. The van der Waals surface area contributed by atoms with E-state index in [2.05, 4.69) is 10.6 Å². The summed E-state index contributed by atoms with van der Waals surface area (Å²) in [4.78, 5) is 23.8. The van der Waals surface area contributed by atoms with E-state index in [0.717, 1.165) is 31.2 Å². The molecule has 0 aromatic heterocycles. The van der Waals surface area contributed by atoms with Crippen LogP contribution in [0.25, 0.3) is 0 Å². The monoisotopic (exact) mass is 290 g/mol. The molecule has 1 aliphatic heterocycles. The summed E-state index contributed by atoms with van der Waals surface area (Å²) in [6, 6.07) is 5.39. The van der Waals surface area contributed by atoms with Crippen LogP contribution in [-0.4, -0.2) is 11.8 Å². The zero-order valence-electron chi connectivity index (χ0n) is 11.0. The molecule has 1 aliphatic carbocycles. The number of benzene rings is 1. The molecule has 0 saturated carbocycles. The van der Waals surface area contributed by atoms with Crippen LogP contribution in [0.15, 0.2) is 28.8 Å². The quantitative estimate of drug-likeness (QED) is 0.880. The Morgan fingerprint density at radius 1 is 1.25 bits per heavy atom. The predicted octanol–water partition coefficient (Wildman–Crippen LogP) is 2.94. The Balaban J connectivity index is 1.80. The molecule has 104 valence electrons. The van der Waals surface area contributed by atoms with E-state index in [1.54, 1.807) is 6.07 Å². The average Bonchev–Trinajstić information content (AvgIpc) is 2.81. The van der Waals surface area contributed by atoms with Crippen LogP contribution in [0.4, 0.5) is 5.69 Å². The van der Waals surface area contributed by atoms with Crippen LogP contribution in [-0.2, 0) is 11.3 Å². The Hall–Kier alpha value is -1.81. The normalized spacial score (nSPS) is 17.8. The second kappa shape index (κ2) is 5.29. The number of nitrogens with one attached hydrogen (secondary N) is 2. The highest BCUT2D eigenvalue weighted by molar-refractivity contribution is 6.32. The number of halogens is 1. The van der Waals surface area contributed by atoms with Gasteiger partial charge in [0.05, 0.1) is 0 Å². The van der Waals surface area contributed by atoms with Gasteiger partial charge in [0.2, 0.25) is 0 Å². The van der Waals surface area contributed by atoms with Crippen molar-refractivity contribution in [2.45, 2.75) is 32.2 Å². The van der Waals surface area contributed by atoms with Gasteiger partial charge in [-0.3, -0.25) is 9.59 Å². The maximum atomic E-state index is 12.2. The Morgan fingerprint density at radius 3 is 2.85 bits per heavy atom. The Bertz CT molecular complexity index is 622. The highest BCUT2D eigenvalue weighted by Crippen LogP contribution is 2.28. The molecule has 1 aromatic rings. The fourth-order valence-electron chi connectivity index (χ4n) is 2.60. The molecular formula is C15H15ClN2O2. The maximum absolute atomic E-state index is 12.2. The van der Waals surface area contributed by atoms with Gasteiger partial charge in [-0.2, -0.15) is 0 Å². The van der Waals surface area contributed by atoms with Gasteiger partial charge in [0.15, 0.2) is 0 Å². The molecule has 1 heterocycles. The lowest BCUT2D eigenvalue weighted by Gasteiger charge is -2.16. The van der Waals surface area contributed by atoms with E-state index in [1.165, 1.54) is 0 Å². The van der Waals surface area contributed by atoms with E-state index >= 15 is 0 Å². The van der Waals surface area contributed by atoms with Gasteiger partial charge in [-0.1, -0.05) is 17.7 Å². The van der Waals surface area contributed by atoms with E-state index in [4.69, 9.17) is 11.6 Å². The first kappa shape index (κ1) is 13.2. The first-order valence-electron chi connectivity index (χ1n) is 6.75. The zero-order chi connectivity index (χ0) is 14.1. The van der Waals surface area contributed by atoms with Gasteiger partial charge in [-0.15, -0.1) is 0 Å². The van der Waals surface area contributed by atoms with Crippen molar-refractivity contribution in [3.05, 3.63) is 39.9 Å². The molecule has 0 fully saturated rings. The number of rotatable bonds is 2. The number of allylic oxidation sites excluding steroid dienone is 1. The summed E-state index contributed by atoms with van der Waals surface area (Å²) in [7, 11) is 0. The van der Waals surface area contributed by atoms with Crippen molar-refractivity contribution in [1.29, 1.82) is 0 Å². The second-order valence-electron chi connectivity index (χ2n) is 5.10. The molecule has 0 atom stereocenters. The van der Waals surface area contributed by atoms with Gasteiger partial charge >= 0.3 is 0 Å². The van der Waals surface area contributed by atoms with E-state index < -0.39 is 0 Å². The van der Waals surface area contributed by atoms with Crippen molar-refractivity contribution in [1.82, 2.24) is 5.32 Å². The predicted molar refractivity (Wildman–Crippen MR) is 77.6 cm³/mol. The van der Waals surface area contributed by atoms with Crippen LogP contribution in [0.5, 0.6) is 0 Å². The van der Waals surface area contributed by atoms with Gasteiger partial charge in [0.1, 0.15) is 0 Å².